The van der Waals surface area contributed by atoms with E-state index in [1.54, 1.807) is 18.4 Å². The van der Waals surface area contributed by atoms with Crippen molar-refractivity contribution in [2.45, 2.75) is 0 Å². The number of hydrogen-bond acceptors (Lipinski definition) is 3. The second-order valence-electron chi connectivity index (χ2n) is 2.72. The average Bonchev–Trinajstić information content (AvgIpc) is 2.70. The van der Waals surface area contributed by atoms with Crippen LogP contribution in [0, 0.1) is 0 Å². The Hall–Kier alpha value is -0.870. The number of ether oxygens (including phenoxy) is 1. The number of halogens is 1. The third-order valence-electron chi connectivity index (χ3n) is 1.87. The molecule has 4 heteroatoms. The summed E-state index contributed by atoms with van der Waals surface area (Å²) < 4.78 is 6.12. The van der Waals surface area contributed by atoms with Gasteiger partial charge < -0.3 is 4.74 Å². The standard InChI is InChI=1S/C10H8BrNOS/c1-13-9-3-2-7(4-8(9)11)10-5-12-6-14-10/h2-6H,1H3. The Morgan fingerprint density at radius 3 is 2.86 bits per heavy atom. The molecule has 0 unspecified atom stereocenters. The smallest absolute Gasteiger partial charge is 0.133 e. The molecule has 0 spiro atoms. The Kier molecular flexibility index (Phi) is 2.84. The minimum atomic E-state index is 0.846. The van der Waals surface area contributed by atoms with Crippen molar-refractivity contribution < 1.29 is 4.74 Å². The SMILES string of the molecule is COc1ccc(-c2cncs2)cc1Br. The van der Waals surface area contributed by atoms with Crippen molar-refractivity contribution >= 4 is 27.3 Å². The molecule has 2 aromatic rings. The first-order chi connectivity index (χ1) is 6.81. The highest BCUT2D eigenvalue weighted by molar-refractivity contribution is 9.10. The number of methoxy groups -OCH3 is 1. The molecule has 2 rings (SSSR count). The van der Waals surface area contributed by atoms with Gasteiger partial charge in [0.1, 0.15) is 5.75 Å². The lowest BCUT2D eigenvalue weighted by Gasteiger charge is -2.04. The number of nitrogens with zero attached hydrogens (tertiary/aromatic N) is 1. The lowest BCUT2D eigenvalue weighted by molar-refractivity contribution is 0.412. The van der Waals surface area contributed by atoms with Gasteiger partial charge in [0.25, 0.3) is 0 Å². The number of aromatic nitrogens is 1. The van der Waals surface area contributed by atoms with Gasteiger partial charge in [-0.25, -0.2) is 0 Å². The van der Waals surface area contributed by atoms with Gasteiger partial charge in [0.05, 0.1) is 22.0 Å². The summed E-state index contributed by atoms with van der Waals surface area (Å²) in [7, 11) is 1.66. The Morgan fingerprint density at radius 2 is 2.29 bits per heavy atom. The predicted octanol–water partition coefficient (Wildman–Crippen LogP) is 3.58. The highest BCUT2D eigenvalue weighted by Gasteiger charge is 2.03. The van der Waals surface area contributed by atoms with E-state index in [9.17, 15) is 0 Å². The molecule has 1 heterocycles. The van der Waals surface area contributed by atoms with Crippen molar-refractivity contribution in [1.29, 1.82) is 0 Å². The Morgan fingerprint density at radius 1 is 1.43 bits per heavy atom. The Bertz CT molecular complexity index is 428. The molecule has 0 radical (unpaired) electrons. The number of hydrogen-bond donors (Lipinski definition) is 0. The molecule has 0 N–H and O–H groups in total. The van der Waals surface area contributed by atoms with Crippen molar-refractivity contribution in [3.05, 3.63) is 34.4 Å². The van der Waals surface area contributed by atoms with Crippen LogP contribution in [0.5, 0.6) is 5.75 Å². The van der Waals surface area contributed by atoms with E-state index in [2.05, 4.69) is 20.9 Å². The highest BCUT2D eigenvalue weighted by atomic mass is 79.9. The Balaban J connectivity index is 2.43. The van der Waals surface area contributed by atoms with Crippen molar-refractivity contribution in [1.82, 2.24) is 4.98 Å². The fourth-order valence-electron chi connectivity index (χ4n) is 1.18. The summed E-state index contributed by atoms with van der Waals surface area (Å²) in [6, 6.07) is 6.00. The van der Waals surface area contributed by atoms with E-state index < -0.39 is 0 Å². The molecule has 0 amide bonds. The minimum Gasteiger partial charge on any atom is -0.496 e. The zero-order chi connectivity index (χ0) is 9.97. The van der Waals surface area contributed by atoms with Gasteiger partial charge in [-0.1, -0.05) is 0 Å². The van der Waals surface area contributed by atoms with E-state index in [4.69, 9.17) is 4.74 Å². The third kappa shape index (κ3) is 1.81. The van der Waals surface area contributed by atoms with Gasteiger partial charge in [-0.3, -0.25) is 4.98 Å². The molecule has 72 valence electrons. The molecule has 0 aliphatic rings. The molecule has 14 heavy (non-hydrogen) atoms. The van der Waals surface area contributed by atoms with Gasteiger partial charge in [-0.2, -0.15) is 0 Å². The molecular formula is C10H8BrNOS. The van der Waals surface area contributed by atoms with Crippen LogP contribution < -0.4 is 4.74 Å². The van der Waals surface area contributed by atoms with Crippen LogP contribution in [0.25, 0.3) is 10.4 Å². The zero-order valence-electron chi connectivity index (χ0n) is 7.53. The van der Waals surface area contributed by atoms with Crippen molar-refractivity contribution in [3.8, 4) is 16.2 Å². The molecule has 0 bridgehead atoms. The summed E-state index contributed by atoms with van der Waals surface area (Å²) in [6.45, 7) is 0. The molecule has 0 aliphatic heterocycles. The molecule has 1 aromatic carbocycles. The van der Waals surface area contributed by atoms with E-state index in [1.165, 1.54) is 0 Å². The van der Waals surface area contributed by atoms with E-state index in [0.29, 0.717) is 0 Å². The lowest BCUT2D eigenvalue weighted by Crippen LogP contribution is -1.84. The van der Waals surface area contributed by atoms with Crippen LogP contribution in [0.2, 0.25) is 0 Å². The fourth-order valence-corrected chi connectivity index (χ4v) is 2.34. The molecule has 0 saturated heterocycles. The molecular weight excluding hydrogens is 262 g/mol. The van der Waals surface area contributed by atoms with Crippen LogP contribution in [0.15, 0.2) is 34.4 Å². The highest BCUT2D eigenvalue weighted by Crippen LogP contribution is 2.31. The zero-order valence-corrected chi connectivity index (χ0v) is 9.93. The maximum atomic E-state index is 5.16. The van der Waals surface area contributed by atoms with Crippen LogP contribution in [0.3, 0.4) is 0 Å². The monoisotopic (exact) mass is 269 g/mol. The molecule has 0 fully saturated rings. The van der Waals surface area contributed by atoms with E-state index >= 15 is 0 Å². The van der Waals surface area contributed by atoms with Crippen molar-refractivity contribution in [2.75, 3.05) is 7.11 Å². The maximum Gasteiger partial charge on any atom is 0.133 e. The van der Waals surface area contributed by atoms with Crippen LogP contribution in [-0.4, -0.2) is 12.1 Å². The fraction of sp³-hybridized carbons (Fsp3) is 0.100. The summed E-state index contributed by atoms with van der Waals surface area (Å²) in [6.07, 6.45) is 1.86. The van der Waals surface area contributed by atoms with Gasteiger partial charge in [0, 0.05) is 6.20 Å². The number of benzene rings is 1. The molecule has 1 aromatic heterocycles. The van der Waals surface area contributed by atoms with E-state index in [-0.39, 0.29) is 0 Å². The molecule has 0 atom stereocenters. The van der Waals surface area contributed by atoms with Gasteiger partial charge >= 0.3 is 0 Å². The molecule has 0 saturated carbocycles. The van der Waals surface area contributed by atoms with Crippen molar-refractivity contribution in [2.24, 2.45) is 0 Å². The third-order valence-corrected chi connectivity index (χ3v) is 3.31. The summed E-state index contributed by atoms with van der Waals surface area (Å²) in [5.41, 5.74) is 2.98. The van der Waals surface area contributed by atoms with Gasteiger partial charge in [-0.05, 0) is 39.7 Å². The quantitative estimate of drug-likeness (QED) is 0.832. The first-order valence-electron chi connectivity index (χ1n) is 4.03. The van der Waals surface area contributed by atoms with Gasteiger partial charge in [-0.15, -0.1) is 11.3 Å². The predicted molar refractivity (Wildman–Crippen MR) is 61.8 cm³/mol. The molecule has 2 nitrogen and oxygen atoms in total. The van der Waals surface area contributed by atoms with Crippen LogP contribution in [0.1, 0.15) is 0 Å². The summed E-state index contributed by atoms with van der Waals surface area (Å²) in [4.78, 5) is 5.20. The summed E-state index contributed by atoms with van der Waals surface area (Å²) >= 11 is 5.08. The summed E-state index contributed by atoms with van der Waals surface area (Å²) in [5, 5.41) is 0. The minimum absolute atomic E-state index is 0.846. The first kappa shape index (κ1) is 9.68. The summed E-state index contributed by atoms with van der Waals surface area (Å²) in [5.74, 6) is 0.846. The van der Waals surface area contributed by atoms with Crippen molar-refractivity contribution in [3.63, 3.8) is 0 Å². The maximum absolute atomic E-state index is 5.16. The van der Waals surface area contributed by atoms with Gasteiger partial charge in [0.2, 0.25) is 0 Å². The second-order valence-corrected chi connectivity index (χ2v) is 4.46. The first-order valence-corrected chi connectivity index (χ1v) is 5.71. The van der Waals surface area contributed by atoms with E-state index in [0.717, 1.165) is 20.7 Å². The normalized spacial score (nSPS) is 10.1. The average molecular weight is 270 g/mol. The lowest BCUT2D eigenvalue weighted by atomic mass is 10.2. The molecule has 0 aliphatic carbocycles. The Labute approximate surface area is 94.7 Å². The van der Waals surface area contributed by atoms with E-state index in [1.807, 2.05) is 29.9 Å². The van der Waals surface area contributed by atoms with Gasteiger partial charge in [0.15, 0.2) is 0 Å². The number of rotatable bonds is 2. The topological polar surface area (TPSA) is 22.1 Å². The van der Waals surface area contributed by atoms with Crippen LogP contribution >= 0.6 is 27.3 Å². The largest absolute Gasteiger partial charge is 0.496 e. The number of thiazole rings is 1. The second kappa shape index (κ2) is 4.11. The van der Waals surface area contributed by atoms with Crippen LogP contribution in [-0.2, 0) is 0 Å². The van der Waals surface area contributed by atoms with Crippen LogP contribution in [0.4, 0.5) is 0 Å².